The van der Waals surface area contributed by atoms with Crippen molar-refractivity contribution in [2.75, 3.05) is 0 Å². The Kier molecular flexibility index (Phi) is 6.42. The van der Waals surface area contributed by atoms with E-state index in [1.54, 1.807) is 0 Å². The van der Waals surface area contributed by atoms with Gasteiger partial charge in [0.25, 0.3) is 11.5 Å². The zero-order valence-electron chi connectivity index (χ0n) is 16.4. The van der Waals surface area contributed by atoms with E-state index in [9.17, 15) is 9.59 Å². The Morgan fingerprint density at radius 3 is 2.56 bits per heavy atom. The molecule has 1 heterocycles. The Morgan fingerprint density at radius 2 is 1.85 bits per heavy atom. The van der Waals surface area contributed by atoms with Crippen LogP contribution in [0.4, 0.5) is 0 Å². The summed E-state index contributed by atoms with van der Waals surface area (Å²) >= 11 is 1.89. The molecule has 0 bridgehead atoms. The summed E-state index contributed by atoms with van der Waals surface area (Å²) in [6.45, 7) is 5.94. The average molecular weight is 385 g/mol. The summed E-state index contributed by atoms with van der Waals surface area (Å²) in [5.74, 6) is -0.127. The van der Waals surface area contributed by atoms with Gasteiger partial charge in [0.1, 0.15) is 0 Å². The molecular weight excluding hydrogens is 356 g/mol. The highest BCUT2D eigenvalue weighted by Gasteiger charge is 2.17. The third-order valence-corrected chi connectivity index (χ3v) is 6.56. The Labute approximate surface area is 165 Å². The van der Waals surface area contributed by atoms with Crippen LogP contribution in [-0.4, -0.2) is 16.1 Å². The van der Waals surface area contributed by atoms with Gasteiger partial charge in [-0.15, -0.1) is 11.8 Å². The van der Waals surface area contributed by atoms with Crippen molar-refractivity contribution in [2.45, 2.75) is 69.6 Å². The minimum Gasteiger partial charge on any atom is -0.348 e. The number of aromatic nitrogens is 1. The summed E-state index contributed by atoms with van der Waals surface area (Å²) in [6.07, 6.45) is 6.48. The van der Waals surface area contributed by atoms with Gasteiger partial charge in [-0.2, -0.15) is 0 Å². The maximum Gasteiger partial charge on any atom is 0.253 e. The molecular formula is C22H28N2O2S. The molecule has 0 spiro atoms. The maximum atomic E-state index is 12.7. The predicted molar refractivity (Wildman–Crippen MR) is 112 cm³/mol. The number of pyridine rings is 1. The van der Waals surface area contributed by atoms with Gasteiger partial charge in [0.2, 0.25) is 0 Å². The lowest BCUT2D eigenvalue weighted by atomic mass is 10.0. The Bertz CT molecular complexity index is 882. The summed E-state index contributed by atoms with van der Waals surface area (Å²) < 4.78 is 0. The van der Waals surface area contributed by atoms with Crippen molar-refractivity contribution in [1.82, 2.24) is 10.3 Å². The minimum absolute atomic E-state index is 0.127. The molecule has 2 N–H and O–H groups in total. The first-order chi connectivity index (χ1) is 12.9. The van der Waals surface area contributed by atoms with E-state index in [1.165, 1.54) is 32.1 Å². The van der Waals surface area contributed by atoms with Crippen LogP contribution in [0.2, 0.25) is 0 Å². The summed E-state index contributed by atoms with van der Waals surface area (Å²) in [4.78, 5) is 28.8. The smallest absolute Gasteiger partial charge is 0.253 e. The van der Waals surface area contributed by atoms with Crippen molar-refractivity contribution in [1.29, 1.82) is 0 Å². The standard InChI is InChI=1S/C22H28N2O2S/c1-14-9-10-18(27-17-7-5-4-6-8-17)12-19(14)21(25)23-13-20-15(2)11-16(3)24-22(20)26/h9-12,17H,4-8,13H2,1-3H3,(H,23,25)(H,24,26). The molecule has 2 aromatic rings. The highest BCUT2D eigenvalue weighted by Crippen LogP contribution is 2.34. The van der Waals surface area contributed by atoms with Gasteiger partial charge in [0, 0.05) is 33.5 Å². The molecule has 1 fully saturated rings. The molecule has 1 aliphatic rings. The molecule has 27 heavy (non-hydrogen) atoms. The minimum atomic E-state index is -0.133. The van der Waals surface area contributed by atoms with Gasteiger partial charge < -0.3 is 10.3 Å². The lowest BCUT2D eigenvalue weighted by Gasteiger charge is -2.21. The molecule has 4 nitrogen and oxygen atoms in total. The van der Waals surface area contributed by atoms with Crippen molar-refractivity contribution < 1.29 is 4.79 Å². The van der Waals surface area contributed by atoms with Crippen LogP contribution in [0.5, 0.6) is 0 Å². The van der Waals surface area contributed by atoms with E-state index in [4.69, 9.17) is 0 Å². The van der Waals surface area contributed by atoms with Gasteiger partial charge in [-0.1, -0.05) is 25.3 Å². The number of aryl methyl sites for hydroxylation is 3. The molecule has 0 saturated heterocycles. The summed E-state index contributed by atoms with van der Waals surface area (Å²) in [6, 6.07) is 8.05. The number of amides is 1. The molecule has 0 aliphatic heterocycles. The van der Waals surface area contributed by atoms with Crippen molar-refractivity contribution in [3.63, 3.8) is 0 Å². The topological polar surface area (TPSA) is 62.0 Å². The molecule has 0 unspecified atom stereocenters. The SMILES string of the molecule is Cc1cc(C)c(CNC(=O)c2cc(SC3CCCCC3)ccc2C)c(=O)[nH]1. The Hall–Kier alpha value is -2.01. The first kappa shape index (κ1) is 19.7. The summed E-state index contributed by atoms with van der Waals surface area (Å²) in [5, 5.41) is 3.58. The first-order valence-electron chi connectivity index (χ1n) is 9.69. The van der Waals surface area contributed by atoms with Gasteiger partial charge in [0.05, 0.1) is 0 Å². The largest absolute Gasteiger partial charge is 0.348 e. The highest BCUT2D eigenvalue weighted by molar-refractivity contribution is 8.00. The average Bonchev–Trinajstić information content (AvgIpc) is 2.63. The number of carbonyl (C=O) groups is 1. The predicted octanol–water partition coefficient (Wildman–Crippen LogP) is 4.65. The number of thioether (sulfide) groups is 1. The third-order valence-electron chi connectivity index (χ3n) is 5.23. The normalized spacial score (nSPS) is 14.9. The fourth-order valence-corrected chi connectivity index (χ4v) is 4.95. The van der Waals surface area contributed by atoms with Gasteiger partial charge in [-0.25, -0.2) is 0 Å². The molecule has 144 valence electrons. The van der Waals surface area contributed by atoms with Crippen LogP contribution in [0, 0.1) is 20.8 Å². The second-order valence-corrected chi connectivity index (χ2v) is 8.85. The fourth-order valence-electron chi connectivity index (χ4n) is 3.66. The van der Waals surface area contributed by atoms with E-state index in [2.05, 4.69) is 16.4 Å². The van der Waals surface area contributed by atoms with E-state index >= 15 is 0 Å². The quantitative estimate of drug-likeness (QED) is 0.788. The fraction of sp³-hybridized carbons (Fsp3) is 0.455. The number of rotatable bonds is 5. The molecule has 1 amide bonds. The van der Waals surface area contributed by atoms with Crippen molar-refractivity contribution >= 4 is 17.7 Å². The lowest BCUT2D eigenvalue weighted by molar-refractivity contribution is 0.0950. The second kappa shape index (κ2) is 8.79. The van der Waals surface area contributed by atoms with Gasteiger partial charge >= 0.3 is 0 Å². The van der Waals surface area contributed by atoms with Crippen LogP contribution in [-0.2, 0) is 6.54 Å². The third kappa shape index (κ3) is 5.04. The van der Waals surface area contributed by atoms with Crippen molar-refractivity contribution in [2.24, 2.45) is 0 Å². The van der Waals surface area contributed by atoms with Crippen LogP contribution in [0.15, 0.2) is 34.0 Å². The molecule has 5 heteroatoms. The second-order valence-electron chi connectivity index (χ2n) is 7.48. The first-order valence-corrected chi connectivity index (χ1v) is 10.6. The molecule has 0 radical (unpaired) electrons. The molecule has 0 atom stereocenters. The van der Waals surface area contributed by atoms with Crippen LogP contribution < -0.4 is 10.9 Å². The summed E-state index contributed by atoms with van der Waals surface area (Å²) in [7, 11) is 0. The zero-order chi connectivity index (χ0) is 19.4. The van der Waals surface area contributed by atoms with Gasteiger partial charge in [-0.3, -0.25) is 9.59 Å². The highest BCUT2D eigenvalue weighted by atomic mass is 32.2. The van der Waals surface area contributed by atoms with E-state index < -0.39 is 0 Å². The lowest BCUT2D eigenvalue weighted by Crippen LogP contribution is -2.28. The number of nitrogens with one attached hydrogen (secondary N) is 2. The van der Waals surface area contributed by atoms with Crippen molar-refractivity contribution in [3.05, 3.63) is 62.6 Å². The summed E-state index contributed by atoms with van der Waals surface area (Å²) in [5.41, 5.74) is 3.85. The number of aromatic amines is 1. The number of carbonyl (C=O) groups excluding carboxylic acids is 1. The molecule has 1 saturated carbocycles. The number of hydrogen-bond donors (Lipinski definition) is 2. The van der Waals surface area contributed by atoms with Crippen LogP contribution in [0.3, 0.4) is 0 Å². The van der Waals surface area contributed by atoms with Crippen molar-refractivity contribution in [3.8, 4) is 0 Å². The maximum absolute atomic E-state index is 12.7. The van der Waals surface area contributed by atoms with Gasteiger partial charge in [0.15, 0.2) is 0 Å². The van der Waals surface area contributed by atoms with Gasteiger partial charge in [-0.05, 0) is 62.9 Å². The van der Waals surface area contributed by atoms with E-state index in [0.29, 0.717) is 16.4 Å². The van der Waals surface area contributed by atoms with Crippen LogP contribution in [0.25, 0.3) is 0 Å². The number of hydrogen-bond acceptors (Lipinski definition) is 3. The van der Waals surface area contributed by atoms with E-state index in [0.717, 1.165) is 21.7 Å². The Balaban J connectivity index is 1.70. The number of H-pyrrole nitrogens is 1. The van der Waals surface area contributed by atoms with Crippen LogP contribution in [0.1, 0.15) is 64.8 Å². The molecule has 1 aromatic carbocycles. The molecule has 3 rings (SSSR count). The van der Waals surface area contributed by atoms with Crippen LogP contribution >= 0.6 is 11.8 Å². The molecule has 1 aromatic heterocycles. The zero-order valence-corrected chi connectivity index (χ0v) is 17.2. The Morgan fingerprint density at radius 1 is 1.11 bits per heavy atom. The van der Waals surface area contributed by atoms with E-state index in [-0.39, 0.29) is 18.0 Å². The molecule has 1 aliphatic carbocycles. The van der Waals surface area contributed by atoms with E-state index in [1.807, 2.05) is 50.7 Å². The monoisotopic (exact) mass is 384 g/mol. The number of benzene rings is 1.